The van der Waals surface area contributed by atoms with Gasteiger partial charge in [-0.15, -0.1) is 0 Å². The first-order valence-corrected chi connectivity index (χ1v) is 6.48. The third kappa shape index (κ3) is 1.96. The van der Waals surface area contributed by atoms with Crippen molar-refractivity contribution < 1.29 is 21.6 Å². The molecule has 1 aliphatic heterocycles. The van der Waals surface area contributed by atoms with E-state index in [0.717, 1.165) is 28.8 Å². The van der Waals surface area contributed by atoms with E-state index in [2.05, 4.69) is 4.99 Å². The van der Waals surface area contributed by atoms with E-state index in [-0.39, 0.29) is 17.1 Å². The molecule has 0 N–H and O–H groups in total. The van der Waals surface area contributed by atoms with Gasteiger partial charge >= 0.3 is 6.18 Å². The molecule has 0 saturated carbocycles. The molecule has 2 rings (SSSR count). The van der Waals surface area contributed by atoms with Crippen molar-refractivity contribution in [3.8, 4) is 0 Å². The molecule has 4 nitrogen and oxygen atoms in total. The molecule has 18 heavy (non-hydrogen) atoms. The van der Waals surface area contributed by atoms with Crippen LogP contribution in [-0.2, 0) is 16.2 Å². The molecule has 1 heterocycles. The molecular weight excluding hydrogens is 269 g/mol. The number of alkyl halides is 3. The normalized spacial score (nSPS) is 17.7. The van der Waals surface area contributed by atoms with Crippen molar-refractivity contribution in [3.63, 3.8) is 0 Å². The number of aliphatic imine (C=N–C) groups is 1. The Balaban J connectivity index is 2.59. The summed E-state index contributed by atoms with van der Waals surface area (Å²) in [6, 6.07) is 2.41. The van der Waals surface area contributed by atoms with Crippen LogP contribution in [0.4, 0.5) is 18.9 Å². The first-order chi connectivity index (χ1) is 8.26. The third-order valence-corrected chi connectivity index (χ3v) is 4.38. The van der Waals surface area contributed by atoms with Gasteiger partial charge in [-0.1, -0.05) is 0 Å². The van der Waals surface area contributed by atoms with Gasteiger partial charge in [0.1, 0.15) is 11.2 Å². The van der Waals surface area contributed by atoms with E-state index in [1.165, 1.54) is 0 Å². The summed E-state index contributed by atoms with van der Waals surface area (Å²) in [5, 5.41) is 0. The van der Waals surface area contributed by atoms with E-state index in [9.17, 15) is 21.6 Å². The van der Waals surface area contributed by atoms with Crippen molar-refractivity contribution in [1.29, 1.82) is 0 Å². The van der Waals surface area contributed by atoms with Gasteiger partial charge in [-0.3, -0.25) is 4.31 Å². The number of hydrogen-bond donors (Lipinski definition) is 0. The van der Waals surface area contributed by atoms with E-state index >= 15 is 0 Å². The highest BCUT2D eigenvalue weighted by atomic mass is 32.2. The Morgan fingerprint density at radius 2 is 2.00 bits per heavy atom. The van der Waals surface area contributed by atoms with E-state index < -0.39 is 21.8 Å². The average molecular weight is 278 g/mol. The fourth-order valence-electron chi connectivity index (χ4n) is 1.58. The monoisotopic (exact) mass is 278 g/mol. The summed E-state index contributed by atoms with van der Waals surface area (Å²) in [5.41, 5.74) is -1.10. The molecule has 1 aliphatic rings. The SMILES string of the molecule is CCN1C=Nc2cc(C(F)(F)F)ccc2S1(=O)=O. The summed E-state index contributed by atoms with van der Waals surface area (Å²) in [6.07, 6.45) is -3.49. The van der Waals surface area contributed by atoms with Crippen molar-refractivity contribution >= 4 is 22.0 Å². The van der Waals surface area contributed by atoms with Crippen LogP contribution >= 0.6 is 0 Å². The number of halogens is 3. The maximum absolute atomic E-state index is 12.5. The summed E-state index contributed by atoms with van der Waals surface area (Å²) < 4.78 is 62.3. The van der Waals surface area contributed by atoms with Gasteiger partial charge in [0.25, 0.3) is 10.0 Å². The van der Waals surface area contributed by atoms with E-state index in [1.807, 2.05) is 0 Å². The molecule has 1 aromatic carbocycles. The zero-order valence-corrected chi connectivity index (χ0v) is 10.1. The first-order valence-electron chi connectivity index (χ1n) is 5.04. The fourth-order valence-corrected chi connectivity index (χ4v) is 2.96. The van der Waals surface area contributed by atoms with Crippen LogP contribution < -0.4 is 0 Å². The van der Waals surface area contributed by atoms with E-state index in [1.54, 1.807) is 6.92 Å². The van der Waals surface area contributed by atoms with Gasteiger partial charge in [0, 0.05) is 6.54 Å². The van der Waals surface area contributed by atoms with Crippen molar-refractivity contribution in [2.45, 2.75) is 18.0 Å². The lowest BCUT2D eigenvalue weighted by Gasteiger charge is -2.23. The van der Waals surface area contributed by atoms with Crippen LogP contribution in [0.25, 0.3) is 0 Å². The predicted octanol–water partition coefficient (Wildman–Crippen LogP) is 2.39. The zero-order valence-electron chi connectivity index (χ0n) is 9.27. The highest BCUT2D eigenvalue weighted by molar-refractivity contribution is 7.89. The Hall–Kier alpha value is -1.57. The van der Waals surface area contributed by atoms with Gasteiger partial charge < -0.3 is 0 Å². The zero-order chi connectivity index (χ0) is 13.6. The predicted molar refractivity (Wildman–Crippen MR) is 59.2 cm³/mol. The lowest BCUT2D eigenvalue weighted by Crippen LogP contribution is -2.31. The second-order valence-corrected chi connectivity index (χ2v) is 5.49. The van der Waals surface area contributed by atoms with Crippen molar-refractivity contribution in [2.75, 3.05) is 6.54 Å². The van der Waals surface area contributed by atoms with Gasteiger partial charge in [0.15, 0.2) is 0 Å². The Morgan fingerprint density at radius 3 is 2.56 bits per heavy atom. The quantitative estimate of drug-likeness (QED) is 0.792. The van der Waals surface area contributed by atoms with Gasteiger partial charge in [0.2, 0.25) is 0 Å². The lowest BCUT2D eigenvalue weighted by atomic mass is 10.2. The van der Waals surface area contributed by atoms with Crippen LogP contribution in [0, 0.1) is 0 Å². The molecule has 0 spiro atoms. The molecule has 0 radical (unpaired) electrons. The molecule has 0 aromatic heterocycles. The highest BCUT2D eigenvalue weighted by Crippen LogP contribution is 2.36. The van der Waals surface area contributed by atoms with E-state index in [4.69, 9.17) is 0 Å². The van der Waals surface area contributed by atoms with Crippen LogP contribution in [0.3, 0.4) is 0 Å². The molecule has 0 atom stereocenters. The molecule has 1 aromatic rings. The summed E-state index contributed by atoms with van der Waals surface area (Å²) in [7, 11) is -3.78. The number of nitrogens with zero attached hydrogens (tertiary/aromatic N) is 2. The smallest absolute Gasteiger partial charge is 0.256 e. The Kier molecular flexibility index (Phi) is 2.84. The molecule has 0 unspecified atom stereocenters. The Morgan fingerprint density at radius 1 is 1.33 bits per heavy atom. The minimum absolute atomic E-state index is 0.173. The van der Waals surface area contributed by atoms with Crippen LogP contribution in [0.2, 0.25) is 0 Å². The molecule has 0 bridgehead atoms. The number of hydrogen-bond acceptors (Lipinski definition) is 3. The van der Waals surface area contributed by atoms with Gasteiger partial charge in [0.05, 0.1) is 11.3 Å². The van der Waals surface area contributed by atoms with Crippen LogP contribution in [0.1, 0.15) is 12.5 Å². The van der Waals surface area contributed by atoms with Crippen LogP contribution in [0.5, 0.6) is 0 Å². The van der Waals surface area contributed by atoms with Gasteiger partial charge in [-0.25, -0.2) is 13.4 Å². The van der Waals surface area contributed by atoms with E-state index in [0.29, 0.717) is 0 Å². The molecule has 8 heteroatoms. The molecule has 0 saturated heterocycles. The van der Waals surface area contributed by atoms with Gasteiger partial charge in [-0.2, -0.15) is 13.2 Å². The maximum atomic E-state index is 12.5. The maximum Gasteiger partial charge on any atom is 0.416 e. The first kappa shape index (κ1) is 12.9. The number of benzene rings is 1. The molecular formula is C10H9F3N2O2S. The van der Waals surface area contributed by atoms with Crippen LogP contribution in [-0.4, -0.2) is 25.6 Å². The second-order valence-electron chi connectivity index (χ2n) is 3.63. The molecule has 98 valence electrons. The lowest BCUT2D eigenvalue weighted by molar-refractivity contribution is -0.137. The second kappa shape index (κ2) is 3.98. The largest absolute Gasteiger partial charge is 0.416 e. The molecule has 0 amide bonds. The minimum atomic E-state index is -4.52. The summed E-state index contributed by atoms with van der Waals surface area (Å²) in [4.78, 5) is 3.53. The standard InChI is InChI=1S/C10H9F3N2O2S/c1-2-15-6-14-8-5-7(10(11,12)13)3-4-9(8)18(15,16)17/h3-6H,2H2,1H3. The average Bonchev–Trinajstić information content (AvgIpc) is 2.27. The molecule has 0 fully saturated rings. The minimum Gasteiger partial charge on any atom is -0.256 e. The third-order valence-electron chi connectivity index (χ3n) is 2.51. The summed E-state index contributed by atoms with van der Waals surface area (Å²) in [6.45, 7) is 1.78. The molecule has 0 aliphatic carbocycles. The Labute approximate surface area is 102 Å². The number of rotatable bonds is 1. The highest BCUT2D eigenvalue weighted by Gasteiger charge is 2.34. The topological polar surface area (TPSA) is 49.7 Å². The Bertz CT molecular complexity index is 608. The summed E-state index contributed by atoms with van der Waals surface area (Å²) >= 11 is 0. The van der Waals surface area contributed by atoms with Crippen LogP contribution in [0.15, 0.2) is 28.1 Å². The van der Waals surface area contributed by atoms with Gasteiger partial charge in [-0.05, 0) is 25.1 Å². The van der Waals surface area contributed by atoms with Crippen molar-refractivity contribution in [1.82, 2.24) is 4.31 Å². The number of sulfonamides is 1. The number of fused-ring (bicyclic) bond motifs is 1. The van der Waals surface area contributed by atoms with Crippen molar-refractivity contribution in [3.05, 3.63) is 23.8 Å². The summed E-state index contributed by atoms with van der Waals surface area (Å²) in [5.74, 6) is 0. The fraction of sp³-hybridized carbons (Fsp3) is 0.300. The van der Waals surface area contributed by atoms with Crippen molar-refractivity contribution in [2.24, 2.45) is 4.99 Å².